The highest BCUT2D eigenvalue weighted by Crippen LogP contribution is 2.36. The standard InChI is InChI=1S/C22H29F2N3O2/c1-6-17(19(25-5)27-22(4)11-12-22)18(14(2)3)20(28)26-13-15-7-9-16(10-8-15)29-21(23)24/h7-10,21,27H,5-6,11-13H2,1-4H3,(H,26,28)/b19-17-. The minimum Gasteiger partial charge on any atom is -0.435 e. The van der Waals surface area contributed by atoms with Crippen molar-refractivity contribution in [2.45, 2.75) is 65.7 Å². The van der Waals surface area contributed by atoms with Gasteiger partial charge in [-0.1, -0.05) is 24.6 Å². The summed E-state index contributed by atoms with van der Waals surface area (Å²) in [6, 6.07) is 6.19. The fraction of sp³-hybridized carbons (Fsp3) is 0.455. The summed E-state index contributed by atoms with van der Waals surface area (Å²) >= 11 is 0. The molecule has 29 heavy (non-hydrogen) atoms. The van der Waals surface area contributed by atoms with Crippen LogP contribution in [0.5, 0.6) is 5.75 Å². The average molecular weight is 405 g/mol. The van der Waals surface area contributed by atoms with Crippen LogP contribution in [-0.4, -0.2) is 24.8 Å². The van der Waals surface area contributed by atoms with Gasteiger partial charge in [-0.05, 0) is 64.4 Å². The van der Waals surface area contributed by atoms with Crippen molar-refractivity contribution in [3.05, 3.63) is 52.4 Å². The summed E-state index contributed by atoms with van der Waals surface area (Å²) in [5.74, 6) is 0.517. The number of amides is 1. The number of aliphatic imine (C=N–C) groups is 1. The minimum atomic E-state index is -2.86. The van der Waals surface area contributed by atoms with Crippen LogP contribution in [-0.2, 0) is 11.3 Å². The minimum absolute atomic E-state index is 0.0161. The number of carbonyl (C=O) groups excluding carboxylic acids is 1. The number of carbonyl (C=O) groups is 1. The number of rotatable bonds is 10. The Kier molecular flexibility index (Phi) is 7.53. The maximum absolute atomic E-state index is 13.0. The predicted molar refractivity (Wildman–Crippen MR) is 111 cm³/mol. The van der Waals surface area contributed by atoms with E-state index in [1.54, 1.807) is 12.1 Å². The van der Waals surface area contributed by atoms with Gasteiger partial charge >= 0.3 is 6.61 Å². The third kappa shape index (κ3) is 6.41. The summed E-state index contributed by atoms with van der Waals surface area (Å²) in [6.07, 6.45) is 2.75. The number of nitrogens with zero attached hydrogens (tertiary/aromatic N) is 1. The summed E-state index contributed by atoms with van der Waals surface area (Å²) in [6.45, 7) is 8.96. The average Bonchev–Trinajstić information content (AvgIpc) is 3.40. The van der Waals surface area contributed by atoms with Crippen molar-refractivity contribution in [2.75, 3.05) is 0 Å². The molecule has 7 heteroatoms. The molecule has 5 nitrogen and oxygen atoms in total. The summed E-state index contributed by atoms with van der Waals surface area (Å²) in [4.78, 5) is 17.1. The van der Waals surface area contributed by atoms with E-state index in [-0.39, 0.29) is 23.7 Å². The smallest absolute Gasteiger partial charge is 0.387 e. The highest BCUT2D eigenvalue weighted by atomic mass is 19.3. The fourth-order valence-corrected chi connectivity index (χ4v) is 3.00. The maximum Gasteiger partial charge on any atom is 0.387 e. The SMILES string of the molecule is C=N/C(NC1(C)CC1)=C(\CC)C(C(=O)NCc1ccc(OC(F)F)cc1)=C(C)C. The molecule has 1 saturated carbocycles. The molecule has 1 aromatic rings. The van der Waals surface area contributed by atoms with Crippen molar-refractivity contribution < 1.29 is 18.3 Å². The number of hydrogen-bond donors (Lipinski definition) is 2. The Labute approximate surface area is 170 Å². The second kappa shape index (κ2) is 9.67. The van der Waals surface area contributed by atoms with Crippen LogP contribution in [0.15, 0.2) is 51.8 Å². The molecule has 158 valence electrons. The van der Waals surface area contributed by atoms with Crippen LogP contribution in [0.4, 0.5) is 8.78 Å². The first-order valence-corrected chi connectivity index (χ1v) is 9.67. The lowest BCUT2D eigenvalue weighted by Gasteiger charge is -2.20. The molecular formula is C22H29F2N3O2. The topological polar surface area (TPSA) is 62.7 Å². The Bertz CT molecular complexity index is 806. The lowest BCUT2D eigenvalue weighted by atomic mass is 9.97. The zero-order valence-electron chi connectivity index (χ0n) is 17.4. The normalized spacial score (nSPS) is 15.3. The lowest BCUT2D eigenvalue weighted by Crippen LogP contribution is -2.30. The Morgan fingerprint density at radius 1 is 1.28 bits per heavy atom. The van der Waals surface area contributed by atoms with Gasteiger partial charge in [-0.3, -0.25) is 4.79 Å². The first kappa shape index (κ1) is 22.6. The van der Waals surface area contributed by atoms with Gasteiger partial charge in [0.2, 0.25) is 0 Å². The zero-order chi connectivity index (χ0) is 21.6. The molecule has 0 spiro atoms. The van der Waals surface area contributed by atoms with E-state index in [9.17, 15) is 13.6 Å². The molecule has 1 fully saturated rings. The highest BCUT2D eigenvalue weighted by molar-refractivity contribution is 5.98. The van der Waals surface area contributed by atoms with Crippen LogP contribution in [0.1, 0.15) is 52.5 Å². The van der Waals surface area contributed by atoms with Gasteiger partial charge in [-0.25, -0.2) is 4.99 Å². The van der Waals surface area contributed by atoms with E-state index in [1.807, 2.05) is 20.8 Å². The monoisotopic (exact) mass is 405 g/mol. The number of benzene rings is 1. The molecule has 2 rings (SSSR count). The third-order valence-electron chi connectivity index (χ3n) is 4.85. The fourth-order valence-electron chi connectivity index (χ4n) is 3.00. The van der Waals surface area contributed by atoms with Crippen LogP contribution in [0, 0.1) is 0 Å². The lowest BCUT2D eigenvalue weighted by molar-refractivity contribution is -0.117. The number of alkyl halides is 2. The first-order valence-electron chi connectivity index (χ1n) is 9.67. The van der Waals surface area contributed by atoms with Crippen LogP contribution < -0.4 is 15.4 Å². The van der Waals surface area contributed by atoms with Gasteiger partial charge < -0.3 is 15.4 Å². The molecule has 2 N–H and O–H groups in total. The van der Waals surface area contributed by atoms with Gasteiger partial charge in [-0.2, -0.15) is 8.78 Å². The van der Waals surface area contributed by atoms with Gasteiger partial charge in [0.25, 0.3) is 5.91 Å². The van der Waals surface area contributed by atoms with Crippen molar-refractivity contribution in [3.8, 4) is 5.75 Å². The Balaban J connectivity index is 2.14. The van der Waals surface area contributed by atoms with Gasteiger partial charge in [0.1, 0.15) is 11.6 Å². The molecule has 0 bridgehead atoms. The molecule has 1 aromatic carbocycles. The van der Waals surface area contributed by atoms with E-state index in [4.69, 9.17) is 0 Å². The van der Waals surface area contributed by atoms with Crippen molar-refractivity contribution in [1.29, 1.82) is 0 Å². The van der Waals surface area contributed by atoms with Crippen molar-refractivity contribution >= 4 is 12.6 Å². The van der Waals surface area contributed by atoms with Crippen molar-refractivity contribution in [3.63, 3.8) is 0 Å². The van der Waals surface area contributed by atoms with Gasteiger partial charge in [0.05, 0.1) is 0 Å². The Morgan fingerprint density at radius 2 is 1.90 bits per heavy atom. The molecule has 0 aliphatic heterocycles. The van der Waals surface area contributed by atoms with Crippen LogP contribution >= 0.6 is 0 Å². The molecular weight excluding hydrogens is 376 g/mol. The summed E-state index contributed by atoms with van der Waals surface area (Å²) in [5, 5.41) is 6.32. The number of allylic oxidation sites excluding steroid dienone is 1. The molecule has 0 radical (unpaired) electrons. The maximum atomic E-state index is 13.0. The zero-order valence-corrected chi connectivity index (χ0v) is 17.4. The molecule has 0 atom stereocenters. The van der Waals surface area contributed by atoms with Crippen molar-refractivity contribution in [2.24, 2.45) is 4.99 Å². The molecule has 1 aliphatic rings. The molecule has 0 unspecified atom stereocenters. The molecule has 0 heterocycles. The number of halogens is 2. The molecule has 1 amide bonds. The van der Waals surface area contributed by atoms with Gasteiger partial charge in [0, 0.05) is 23.2 Å². The van der Waals surface area contributed by atoms with Crippen LogP contribution in [0.3, 0.4) is 0 Å². The van der Waals surface area contributed by atoms with E-state index >= 15 is 0 Å². The van der Waals surface area contributed by atoms with Gasteiger partial charge in [-0.15, -0.1) is 0 Å². The number of nitrogens with one attached hydrogen (secondary N) is 2. The van der Waals surface area contributed by atoms with E-state index in [0.29, 0.717) is 17.8 Å². The predicted octanol–water partition coefficient (Wildman–Crippen LogP) is 4.70. The summed E-state index contributed by atoms with van der Waals surface area (Å²) in [7, 11) is 0. The Hall–Kier alpha value is -2.70. The number of ether oxygens (including phenoxy) is 1. The van der Waals surface area contributed by atoms with Gasteiger partial charge in [0.15, 0.2) is 0 Å². The Morgan fingerprint density at radius 3 is 2.34 bits per heavy atom. The first-order chi connectivity index (χ1) is 13.7. The second-order valence-corrected chi connectivity index (χ2v) is 7.60. The molecule has 0 aromatic heterocycles. The highest BCUT2D eigenvalue weighted by Gasteiger charge is 2.38. The third-order valence-corrected chi connectivity index (χ3v) is 4.85. The molecule has 1 aliphatic carbocycles. The second-order valence-electron chi connectivity index (χ2n) is 7.60. The van der Waals surface area contributed by atoms with E-state index in [0.717, 1.165) is 29.6 Å². The number of hydrogen-bond acceptors (Lipinski definition) is 4. The largest absolute Gasteiger partial charge is 0.435 e. The van der Waals surface area contributed by atoms with E-state index < -0.39 is 6.61 Å². The van der Waals surface area contributed by atoms with Crippen LogP contribution in [0.2, 0.25) is 0 Å². The van der Waals surface area contributed by atoms with E-state index in [2.05, 4.69) is 34.0 Å². The van der Waals surface area contributed by atoms with Crippen LogP contribution in [0.25, 0.3) is 0 Å². The van der Waals surface area contributed by atoms with Crippen molar-refractivity contribution in [1.82, 2.24) is 10.6 Å². The summed E-state index contributed by atoms with van der Waals surface area (Å²) in [5.41, 5.74) is 3.09. The van der Waals surface area contributed by atoms with E-state index in [1.165, 1.54) is 12.1 Å². The quantitative estimate of drug-likeness (QED) is 0.337. The summed E-state index contributed by atoms with van der Waals surface area (Å²) < 4.78 is 28.8. The molecule has 0 saturated heterocycles.